The molecule has 0 unspecified atom stereocenters. The van der Waals surface area contributed by atoms with E-state index in [1.54, 1.807) is 6.20 Å². The van der Waals surface area contributed by atoms with Gasteiger partial charge in [-0.1, -0.05) is 13.0 Å². The van der Waals surface area contributed by atoms with Crippen molar-refractivity contribution in [1.82, 2.24) is 15.0 Å². The molecule has 0 spiro atoms. The van der Waals surface area contributed by atoms with Gasteiger partial charge in [-0.25, -0.2) is 4.98 Å². The molecule has 5 nitrogen and oxygen atoms in total. The van der Waals surface area contributed by atoms with E-state index in [1.165, 1.54) is 0 Å². The molecule has 0 aliphatic rings. The maximum Gasteiger partial charge on any atom is 0.224 e. The molecular weight excluding hydrogens is 318 g/mol. The second kappa shape index (κ2) is 7.79. The van der Waals surface area contributed by atoms with Crippen molar-refractivity contribution in [3.05, 3.63) is 40.8 Å². The van der Waals surface area contributed by atoms with E-state index < -0.39 is 0 Å². The Hall–Kier alpha value is -1.69. The molecule has 2 heterocycles. The van der Waals surface area contributed by atoms with Crippen LogP contribution in [0.3, 0.4) is 0 Å². The smallest absolute Gasteiger partial charge is 0.224 e. The summed E-state index contributed by atoms with van der Waals surface area (Å²) in [5.41, 5.74) is 1.06. The van der Waals surface area contributed by atoms with E-state index in [0.29, 0.717) is 5.95 Å². The van der Waals surface area contributed by atoms with Crippen LogP contribution in [0.5, 0.6) is 0 Å². The molecule has 0 fully saturated rings. The summed E-state index contributed by atoms with van der Waals surface area (Å²) >= 11 is 3.45. The highest BCUT2D eigenvalue weighted by Gasteiger charge is 2.04. The lowest BCUT2D eigenvalue weighted by atomic mass is 10.3. The predicted molar refractivity (Wildman–Crippen MR) is 84.9 cm³/mol. The topological polar surface area (TPSA) is 62.7 Å². The van der Waals surface area contributed by atoms with Crippen molar-refractivity contribution >= 4 is 27.7 Å². The second-order valence-corrected chi connectivity index (χ2v) is 5.17. The van der Waals surface area contributed by atoms with Gasteiger partial charge in [0.25, 0.3) is 0 Å². The highest BCUT2D eigenvalue weighted by Crippen LogP contribution is 2.19. The summed E-state index contributed by atoms with van der Waals surface area (Å²) in [5.74, 6) is 1.45. The summed E-state index contributed by atoms with van der Waals surface area (Å²) < 4.78 is 0.862. The van der Waals surface area contributed by atoms with Crippen LogP contribution in [-0.2, 0) is 6.42 Å². The van der Waals surface area contributed by atoms with Gasteiger partial charge < -0.3 is 10.6 Å². The molecule has 0 amide bonds. The number of anilines is 2. The van der Waals surface area contributed by atoms with Gasteiger partial charge in [0.2, 0.25) is 5.95 Å². The minimum Gasteiger partial charge on any atom is -0.369 e. The van der Waals surface area contributed by atoms with Gasteiger partial charge in [0.15, 0.2) is 0 Å². The Labute approximate surface area is 127 Å². The molecule has 20 heavy (non-hydrogen) atoms. The lowest BCUT2D eigenvalue weighted by Gasteiger charge is -2.09. The molecule has 0 saturated heterocycles. The van der Waals surface area contributed by atoms with Crippen LogP contribution in [0.4, 0.5) is 11.8 Å². The van der Waals surface area contributed by atoms with Crippen LogP contribution in [0.25, 0.3) is 0 Å². The highest BCUT2D eigenvalue weighted by atomic mass is 79.9. The first-order valence-corrected chi connectivity index (χ1v) is 7.49. The van der Waals surface area contributed by atoms with E-state index in [1.807, 2.05) is 24.4 Å². The number of hydrogen-bond donors (Lipinski definition) is 2. The van der Waals surface area contributed by atoms with Crippen LogP contribution >= 0.6 is 15.9 Å². The van der Waals surface area contributed by atoms with Gasteiger partial charge in [-0.3, -0.25) is 4.98 Å². The summed E-state index contributed by atoms with van der Waals surface area (Å²) in [7, 11) is 0. The first-order chi connectivity index (χ1) is 9.79. The zero-order valence-corrected chi connectivity index (χ0v) is 13.0. The molecule has 6 heteroatoms. The minimum atomic E-state index is 0.649. The first-order valence-electron chi connectivity index (χ1n) is 6.69. The van der Waals surface area contributed by atoms with E-state index >= 15 is 0 Å². The number of aromatic nitrogens is 3. The van der Waals surface area contributed by atoms with Crippen LogP contribution in [0.15, 0.2) is 35.1 Å². The molecule has 0 atom stereocenters. The molecule has 2 aromatic heterocycles. The van der Waals surface area contributed by atoms with Crippen LogP contribution in [0.1, 0.15) is 19.0 Å². The Morgan fingerprint density at radius 2 is 2.05 bits per heavy atom. The van der Waals surface area contributed by atoms with Gasteiger partial charge in [0.1, 0.15) is 5.82 Å². The lowest BCUT2D eigenvalue weighted by molar-refractivity contribution is 0.934. The Morgan fingerprint density at radius 1 is 1.15 bits per heavy atom. The number of pyridine rings is 1. The van der Waals surface area contributed by atoms with Gasteiger partial charge in [-0.2, -0.15) is 4.98 Å². The lowest BCUT2D eigenvalue weighted by Crippen LogP contribution is -2.10. The third-order valence-electron chi connectivity index (χ3n) is 2.68. The molecule has 106 valence electrons. The van der Waals surface area contributed by atoms with Gasteiger partial charge in [0, 0.05) is 37.6 Å². The molecule has 0 radical (unpaired) electrons. The summed E-state index contributed by atoms with van der Waals surface area (Å²) in [6, 6.07) is 5.93. The first kappa shape index (κ1) is 14.7. The van der Waals surface area contributed by atoms with Gasteiger partial charge in [-0.05, 0) is 34.5 Å². The monoisotopic (exact) mass is 335 g/mol. The number of hydrogen-bond acceptors (Lipinski definition) is 5. The molecular formula is C14H18BrN5. The van der Waals surface area contributed by atoms with Crippen molar-refractivity contribution in [1.29, 1.82) is 0 Å². The molecule has 2 aromatic rings. The zero-order valence-electron chi connectivity index (χ0n) is 11.4. The number of halogens is 1. The van der Waals surface area contributed by atoms with Crippen LogP contribution in [0.2, 0.25) is 0 Å². The van der Waals surface area contributed by atoms with E-state index in [9.17, 15) is 0 Å². The van der Waals surface area contributed by atoms with Crippen molar-refractivity contribution in [2.24, 2.45) is 0 Å². The van der Waals surface area contributed by atoms with E-state index in [2.05, 4.69) is 48.4 Å². The summed E-state index contributed by atoms with van der Waals surface area (Å²) in [6.07, 6.45) is 5.47. The molecule has 2 N–H and O–H groups in total. The average molecular weight is 336 g/mol. The van der Waals surface area contributed by atoms with Crippen LogP contribution in [0, 0.1) is 0 Å². The zero-order chi connectivity index (χ0) is 14.2. The minimum absolute atomic E-state index is 0.649. The van der Waals surface area contributed by atoms with Crippen LogP contribution in [-0.4, -0.2) is 28.0 Å². The van der Waals surface area contributed by atoms with Crippen molar-refractivity contribution in [3.63, 3.8) is 0 Å². The molecule has 0 saturated carbocycles. The van der Waals surface area contributed by atoms with E-state index in [4.69, 9.17) is 0 Å². The van der Waals surface area contributed by atoms with Gasteiger partial charge in [0.05, 0.1) is 4.47 Å². The molecule has 0 aliphatic heterocycles. The van der Waals surface area contributed by atoms with Crippen LogP contribution < -0.4 is 10.6 Å². The van der Waals surface area contributed by atoms with Crippen molar-refractivity contribution < 1.29 is 0 Å². The van der Waals surface area contributed by atoms with E-state index in [-0.39, 0.29) is 0 Å². The number of nitrogens with zero attached hydrogens (tertiary/aromatic N) is 3. The highest BCUT2D eigenvalue weighted by molar-refractivity contribution is 9.10. The summed E-state index contributed by atoms with van der Waals surface area (Å²) in [6.45, 7) is 3.76. The standard InChI is InChI=1S/C14H18BrN5/c1-2-7-18-14-19-10-12(15)13(20-14)17-9-6-11-5-3-4-8-16-11/h3-5,8,10H,2,6-7,9H2,1H3,(H2,17,18,19,20). The van der Waals surface area contributed by atoms with Gasteiger partial charge >= 0.3 is 0 Å². The Bertz CT molecular complexity index is 532. The predicted octanol–water partition coefficient (Wildman–Crippen LogP) is 3.11. The molecule has 2 rings (SSSR count). The van der Waals surface area contributed by atoms with E-state index in [0.717, 1.165) is 41.9 Å². The largest absolute Gasteiger partial charge is 0.369 e. The van der Waals surface area contributed by atoms with Crippen molar-refractivity contribution in [2.45, 2.75) is 19.8 Å². The van der Waals surface area contributed by atoms with Crippen molar-refractivity contribution in [3.8, 4) is 0 Å². The Balaban J connectivity index is 1.91. The summed E-state index contributed by atoms with van der Waals surface area (Å²) in [5, 5.41) is 6.47. The quantitative estimate of drug-likeness (QED) is 0.813. The average Bonchev–Trinajstić information content (AvgIpc) is 2.49. The third-order valence-corrected chi connectivity index (χ3v) is 3.26. The van der Waals surface area contributed by atoms with Crippen molar-refractivity contribution in [2.75, 3.05) is 23.7 Å². The molecule has 0 bridgehead atoms. The summed E-state index contributed by atoms with van der Waals surface area (Å²) in [4.78, 5) is 13.0. The fourth-order valence-electron chi connectivity index (χ4n) is 1.67. The normalized spacial score (nSPS) is 10.3. The maximum atomic E-state index is 4.44. The molecule has 0 aliphatic carbocycles. The fraction of sp³-hybridized carbons (Fsp3) is 0.357. The number of rotatable bonds is 7. The third kappa shape index (κ3) is 4.45. The fourth-order valence-corrected chi connectivity index (χ4v) is 2.00. The second-order valence-electron chi connectivity index (χ2n) is 4.31. The Kier molecular flexibility index (Phi) is 5.73. The SMILES string of the molecule is CCCNc1ncc(Br)c(NCCc2ccccn2)n1. The Morgan fingerprint density at radius 3 is 2.80 bits per heavy atom. The maximum absolute atomic E-state index is 4.44. The number of nitrogens with one attached hydrogen (secondary N) is 2. The van der Waals surface area contributed by atoms with Gasteiger partial charge in [-0.15, -0.1) is 0 Å². The molecule has 0 aromatic carbocycles.